The second-order valence-electron chi connectivity index (χ2n) is 5.68. The molecule has 1 aliphatic heterocycles. The fraction of sp³-hybridized carbons (Fsp3) is 0.600. The Morgan fingerprint density at radius 2 is 1.95 bits per heavy atom. The van der Waals surface area contributed by atoms with Gasteiger partial charge in [0.15, 0.2) is 0 Å². The number of hydrogen-bond acceptors (Lipinski definition) is 5. The first-order valence-electron chi connectivity index (χ1n) is 7.17. The van der Waals surface area contributed by atoms with Crippen LogP contribution >= 0.6 is 0 Å². The Morgan fingerprint density at radius 1 is 1.25 bits per heavy atom. The SMILES string of the molecule is CC(C)=CCN1CCN(c2nccc(N(C)C)n2)CC1. The molecule has 0 amide bonds. The van der Waals surface area contributed by atoms with Gasteiger partial charge < -0.3 is 9.80 Å². The molecule has 1 fully saturated rings. The normalized spacial score (nSPS) is 16.1. The molecule has 0 spiro atoms. The molecule has 20 heavy (non-hydrogen) atoms. The lowest BCUT2D eigenvalue weighted by Gasteiger charge is -2.34. The third-order valence-corrected chi connectivity index (χ3v) is 3.50. The summed E-state index contributed by atoms with van der Waals surface area (Å²) < 4.78 is 0. The number of nitrogens with zero attached hydrogens (tertiary/aromatic N) is 5. The van der Waals surface area contributed by atoms with E-state index < -0.39 is 0 Å². The monoisotopic (exact) mass is 275 g/mol. The number of allylic oxidation sites excluding steroid dienone is 1. The third-order valence-electron chi connectivity index (χ3n) is 3.50. The highest BCUT2D eigenvalue weighted by Crippen LogP contribution is 2.14. The van der Waals surface area contributed by atoms with Gasteiger partial charge in [0.25, 0.3) is 0 Å². The zero-order valence-electron chi connectivity index (χ0n) is 13.0. The lowest BCUT2D eigenvalue weighted by molar-refractivity contribution is 0.282. The predicted molar refractivity (Wildman–Crippen MR) is 84.4 cm³/mol. The highest BCUT2D eigenvalue weighted by Gasteiger charge is 2.18. The first kappa shape index (κ1) is 14.8. The average Bonchev–Trinajstić information content (AvgIpc) is 2.46. The maximum atomic E-state index is 4.61. The van der Waals surface area contributed by atoms with Crippen LogP contribution in [0.25, 0.3) is 0 Å². The quantitative estimate of drug-likeness (QED) is 0.781. The molecule has 1 aromatic heterocycles. The van der Waals surface area contributed by atoms with E-state index in [1.165, 1.54) is 5.57 Å². The molecule has 0 saturated carbocycles. The molecule has 1 aromatic rings. The Bertz CT molecular complexity index is 457. The second kappa shape index (κ2) is 6.70. The van der Waals surface area contributed by atoms with Gasteiger partial charge in [0, 0.05) is 53.0 Å². The van der Waals surface area contributed by atoms with E-state index in [0.29, 0.717) is 0 Å². The minimum absolute atomic E-state index is 0.845. The van der Waals surface area contributed by atoms with Crippen LogP contribution in [0.15, 0.2) is 23.9 Å². The van der Waals surface area contributed by atoms with E-state index >= 15 is 0 Å². The predicted octanol–water partition coefficient (Wildman–Crippen LogP) is 1.63. The van der Waals surface area contributed by atoms with Crippen LogP contribution in [0.1, 0.15) is 13.8 Å². The van der Waals surface area contributed by atoms with Crippen LogP contribution < -0.4 is 9.80 Å². The Labute approximate surface area is 121 Å². The van der Waals surface area contributed by atoms with Gasteiger partial charge in [0.05, 0.1) is 0 Å². The summed E-state index contributed by atoms with van der Waals surface area (Å²) >= 11 is 0. The summed E-state index contributed by atoms with van der Waals surface area (Å²) in [5.41, 5.74) is 1.38. The van der Waals surface area contributed by atoms with Crippen LogP contribution in [-0.4, -0.2) is 61.7 Å². The van der Waals surface area contributed by atoms with Gasteiger partial charge in [-0.25, -0.2) is 4.98 Å². The first-order valence-corrected chi connectivity index (χ1v) is 7.17. The highest BCUT2D eigenvalue weighted by atomic mass is 15.3. The van der Waals surface area contributed by atoms with E-state index in [1.54, 1.807) is 0 Å². The van der Waals surface area contributed by atoms with E-state index in [1.807, 2.05) is 31.3 Å². The van der Waals surface area contributed by atoms with Crippen molar-refractivity contribution < 1.29 is 0 Å². The molecule has 0 radical (unpaired) electrons. The van der Waals surface area contributed by atoms with Crippen molar-refractivity contribution in [1.82, 2.24) is 14.9 Å². The summed E-state index contributed by atoms with van der Waals surface area (Å²) in [6.45, 7) is 9.47. The van der Waals surface area contributed by atoms with E-state index in [4.69, 9.17) is 0 Å². The molecule has 0 aromatic carbocycles. The summed E-state index contributed by atoms with van der Waals surface area (Å²) in [5, 5.41) is 0. The number of piperazine rings is 1. The van der Waals surface area contributed by atoms with Gasteiger partial charge in [-0.1, -0.05) is 11.6 Å². The van der Waals surface area contributed by atoms with Crippen molar-refractivity contribution in [3.8, 4) is 0 Å². The number of anilines is 2. The average molecular weight is 275 g/mol. The van der Waals surface area contributed by atoms with Crippen molar-refractivity contribution in [1.29, 1.82) is 0 Å². The van der Waals surface area contributed by atoms with Crippen LogP contribution in [0.5, 0.6) is 0 Å². The number of hydrogen-bond donors (Lipinski definition) is 0. The topological polar surface area (TPSA) is 35.5 Å². The fourth-order valence-electron chi connectivity index (χ4n) is 2.18. The lowest BCUT2D eigenvalue weighted by atomic mass is 10.3. The van der Waals surface area contributed by atoms with Crippen molar-refractivity contribution in [2.45, 2.75) is 13.8 Å². The summed E-state index contributed by atoms with van der Waals surface area (Å²) in [4.78, 5) is 15.8. The van der Waals surface area contributed by atoms with Crippen molar-refractivity contribution in [3.63, 3.8) is 0 Å². The first-order chi connectivity index (χ1) is 9.56. The van der Waals surface area contributed by atoms with Gasteiger partial charge in [-0.2, -0.15) is 4.98 Å². The van der Waals surface area contributed by atoms with Crippen LogP contribution in [-0.2, 0) is 0 Å². The molecule has 0 unspecified atom stereocenters. The lowest BCUT2D eigenvalue weighted by Crippen LogP contribution is -2.47. The molecule has 1 saturated heterocycles. The van der Waals surface area contributed by atoms with Crippen molar-refractivity contribution >= 4 is 11.8 Å². The minimum atomic E-state index is 0.845. The van der Waals surface area contributed by atoms with E-state index in [0.717, 1.165) is 44.5 Å². The number of aromatic nitrogens is 2. The maximum absolute atomic E-state index is 4.61. The fourth-order valence-corrected chi connectivity index (χ4v) is 2.18. The molecule has 5 nitrogen and oxygen atoms in total. The van der Waals surface area contributed by atoms with Crippen LogP contribution in [0.3, 0.4) is 0 Å². The molecule has 110 valence electrons. The molecule has 2 rings (SSSR count). The molecule has 0 aliphatic carbocycles. The second-order valence-corrected chi connectivity index (χ2v) is 5.68. The largest absolute Gasteiger partial charge is 0.363 e. The summed E-state index contributed by atoms with van der Waals surface area (Å²) in [6, 6.07) is 1.94. The zero-order valence-corrected chi connectivity index (χ0v) is 13.0. The van der Waals surface area contributed by atoms with Gasteiger partial charge in [-0.05, 0) is 19.9 Å². The molecule has 2 heterocycles. The summed E-state index contributed by atoms with van der Waals surface area (Å²) in [6.07, 6.45) is 4.13. The number of rotatable bonds is 4. The zero-order chi connectivity index (χ0) is 14.5. The van der Waals surface area contributed by atoms with Crippen LogP contribution in [0.2, 0.25) is 0 Å². The van der Waals surface area contributed by atoms with Gasteiger partial charge in [0.2, 0.25) is 5.95 Å². The highest BCUT2D eigenvalue weighted by molar-refractivity contribution is 5.42. The Balaban J connectivity index is 1.93. The standard InChI is InChI=1S/C15H25N5/c1-13(2)6-8-19-9-11-20(12-10-19)15-16-7-5-14(17-15)18(3)4/h5-7H,8-12H2,1-4H3. The molecule has 5 heteroatoms. The molecule has 1 aliphatic rings. The third kappa shape index (κ3) is 3.93. The Hall–Kier alpha value is -1.62. The Kier molecular flexibility index (Phi) is 4.95. The maximum Gasteiger partial charge on any atom is 0.227 e. The van der Waals surface area contributed by atoms with E-state index in [9.17, 15) is 0 Å². The molecular formula is C15H25N5. The minimum Gasteiger partial charge on any atom is -0.363 e. The molecular weight excluding hydrogens is 250 g/mol. The molecule has 0 bridgehead atoms. The van der Waals surface area contributed by atoms with Crippen molar-refractivity contribution in [2.75, 3.05) is 56.6 Å². The van der Waals surface area contributed by atoms with Gasteiger partial charge in [-0.3, -0.25) is 4.90 Å². The Morgan fingerprint density at radius 3 is 2.55 bits per heavy atom. The smallest absolute Gasteiger partial charge is 0.227 e. The van der Waals surface area contributed by atoms with E-state index in [2.05, 4.69) is 39.7 Å². The molecule has 0 N–H and O–H groups in total. The van der Waals surface area contributed by atoms with Gasteiger partial charge in [-0.15, -0.1) is 0 Å². The van der Waals surface area contributed by atoms with Gasteiger partial charge in [0.1, 0.15) is 5.82 Å². The van der Waals surface area contributed by atoms with E-state index in [-0.39, 0.29) is 0 Å². The molecule has 0 atom stereocenters. The summed E-state index contributed by atoms with van der Waals surface area (Å²) in [5.74, 6) is 1.81. The van der Waals surface area contributed by atoms with Crippen molar-refractivity contribution in [3.05, 3.63) is 23.9 Å². The summed E-state index contributed by atoms with van der Waals surface area (Å²) in [7, 11) is 4.01. The van der Waals surface area contributed by atoms with Gasteiger partial charge >= 0.3 is 0 Å². The van der Waals surface area contributed by atoms with Crippen molar-refractivity contribution in [2.24, 2.45) is 0 Å². The van der Waals surface area contributed by atoms with Crippen LogP contribution in [0, 0.1) is 0 Å². The van der Waals surface area contributed by atoms with Crippen LogP contribution in [0.4, 0.5) is 11.8 Å².